The van der Waals surface area contributed by atoms with Gasteiger partial charge in [0.05, 0.1) is 6.54 Å². The van der Waals surface area contributed by atoms with E-state index in [0.29, 0.717) is 13.1 Å². The molecule has 0 aromatic heterocycles. The summed E-state index contributed by atoms with van der Waals surface area (Å²) >= 11 is 1.88. The number of hydrogen-bond donors (Lipinski definition) is 0. The van der Waals surface area contributed by atoms with Gasteiger partial charge in [0.1, 0.15) is 0 Å². The first-order chi connectivity index (χ1) is 7.51. The van der Waals surface area contributed by atoms with Crippen LogP contribution in [-0.4, -0.2) is 66.8 Å². The van der Waals surface area contributed by atoms with Crippen LogP contribution in [0.15, 0.2) is 0 Å². The maximum absolute atomic E-state index is 12.1. The molecule has 0 bridgehead atoms. The summed E-state index contributed by atoms with van der Waals surface area (Å²) in [5.41, 5.74) is 0. The zero-order chi connectivity index (χ0) is 12.0. The second-order valence-corrected chi connectivity index (χ2v) is 5.32. The van der Waals surface area contributed by atoms with Gasteiger partial charge in [0.15, 0.2) is 0 Å². The van der Waals surface area contributed by atoms with Crippen LogP contribution in [0.25, 0.3) is 0 Å². The molecular weight excluding hydrogens is 237 g/mol. The Morgan fingerprint density at radius 1 is 1.06 bits per heavy atom. The molecule has 1 saturated heterocycles. The molecular formula is C10H19F3N2S. The Bertz CT molecular complexity index is 191. The van der Waals surface area contributed by atoms with E-state index in [1.165, 1.54) is 4.90 Å². The summed E-state index contributed by atoms with van der Waals surface area (Å²) in [7, 11) is 0. The van der Waals surface area contributed by atoms with Crippen LogP contribution in [0, 0.1) is 0 Å². The first-order valence-electron chi connectivity index (χ1n) is 5.60. The van der Waals surface area contributed by atoms with Crippen LogP contribution in [0.2, 0.25) is 0 Å². The molecule has 0 N–H and O–H groups in total. The van der Waals surface area contributed by atoms with Crippen molar-refractivity contribution in [3.05, 3.63) is 0 Å². The molecule has 0 aromatic carbocycles. The minimum atomic E-state index is -4.06. The quantitative estimate of drug-likeness (QED) is 0.694. The fourth-order valence-corrected chi connectivity index (χ4v) is 2.44. The Balaban J connectivity index is 2.13. The molecule has 0 aromatic rings. The minimum absolute atomic E-state index is 0.538. The smallest absolute Gasteiger partial charge is 0.300 e. The van der Waals surface area contributed by atoms with E-state index >= 15 is 0 Å². The van der Waals surface area contributed by atoms with E-state index in [-0.39, 0.29) is 0 Å². The molecule has 0 atom stereocenters. The molecule has 1 rings (SSSR count). The van der Waals surface area contributed by atoms with Crippen LogP contribution >= 0.6 is 11.8 Å². The lowest BCUT2D eigenvalue weighted by atomic mass is 10.3. The summed E-state index contributed by atoms with van der Waals surface area (Å²) in [6, 6.07) is 0. The molecule has 0 amide bonds. The summed E-state index contributed by atoms with van der Waals surface area (Å²) in [6.45, 7) is 4.96. The molecule has 96 valence electrons. The van der Waals surface area contributed by atoms with Crippen LogP contribution in [0.3, 0.4) is 0 Å². The highest BCUT2D eigenvalue weighted by Gasteiger charge is 2.31. The summed E-state index contributed by atoms with van der Waals surface area (Å²) < 4.78 is 36.4. The van der Waals surface area contributed by atoms with E-state index in [1.54, 1.807) is 0 Å². The van der Waals surface area contributed by atoms with Crippen molar-refractivity contribution in [2.75, 3.05) is 50.8 Å². The Morgan fingerprint density at radius 3 is 2.12 bits per heavy atom. The summed E-state index contributed by atoms with van der Waals surface area (Å²) in [6.07, 6.45) is -4.06. The first-order valence-corrected chi connectivity index (χ1v) is 6.76. The monoisotopic (exact) mass is 256 g/mol. The Labute approximate surface area is 99.2 Å². The van der Waals surface area contributed by atoms with Gasteiger partial charge in [-0.1, -0.05) is 6.92 Å². The molecule has 16 heavy (non-hydrogen) atoms. The molecule has 0 unspecified atom stereocenters. The van der Waals surface area contributed by atoms with Crippen molar-refractivity contribution >= 4 is 11.8 Å². The third-order valence-electron chi connectivity index (χ3n) is 2.62. The van der Waals surface area contributed by atoms with Crippen molar-refractivity contribution < 1.29 is 13.2 Å². The zero-order valence-corrected chi connectivity index (χ0v) is 10.4. The second kappa shape index (κ2) is 6.71. The van der Waals surface area contributed by atoms with Crippen LogP contribution in [-0.2, 0) is 0 Å². The van der Waals surface area contributed by atoms with Gasteiger partial charge in [0.25, 0.3) is 0 Å². The fourth-order valence-electron chi connectivity index (χ4n) is 1.76. The number of halogens is 3. The van der Waals surface area contributed by atoms with Crippen molar-refractivity contribution in [3.8, 4) is 0 Å². The van der Waals surface area contributed by atoms with E-state index in [0.717, 1.165) is 31.1 Å². The van der Waals surface area contributed by atoms with Crippen LogP contribution < -0.4 is 0 Å². The maximum Gasteiger partial charge on any atom is 0.401 e. The van der Waals surface area contributed by atoms with Gasteiger partial charge in [-0.15, -0.1) is 0 Å². The number of alkyl halides is 3. The predicted octanol–water partition coefficient (Wildman–Crippen LogP) is 1.92. The lowest BCUT2D eigenvalue weighted by Gasteiger charge is -2.34. The third kappa shape index (κ3) is 5.96. The molecule has 2 nitrogen and oxygen atoms in total. The highest BCUT2D eigenvalue weighted by molar-refractivity contribution is 7.99. The molecule has 1 aliphatic heterocycles. The number of piperazine rings is 1. The third-order valence-corrected chi connectivity index (χ3v) is 3.50. The van der Waals surface area contributed by atoms with E-state index in [2.05, 4.69) is 11.8 Å². The first kappa shape index (κ1) is 14.1. The fraction of sp³-hybridized carbons (Fsp3) is 1.00. The summed E-state index contributed by atoms with van der Waals surface area (Å²) in [5.74, 6) is 2.18. The second-order valence-electron chi connectivity index (χ2n) is 3.93. The van der Waals surface area contributed by atoms with Crippen molar-refractivity contribution in [1.29, 1.82) is 0 Å². The zero-order valence-electron chi connectivity index (χ0n) is 9.59. The van der Waals surface area contributed by atoms with E-state index in [4.69, 9.17) is 0 Å². The number of rotatable bonds is 5. The topological polar surface area (TPSA) is 6.48 Å². The van der Waals surface area contributed by atoms with Crippen molar-refractivity contribution in [2.24, 2.45) is 0 Å². The summed E-state index contributed by atoms with van der Waals surface area (Å²) in [4.78, 5) is 3.74. The highest BCUT2D eigenvalue weighted by Crippen LogP contribution is 2.17. The molecule has 1 heterocycles. The lowest BCUT2D eigenvalue weighted by Crippen LogP contribution is -2.49. The largest absolute Gasteiger partial charge is 0.401 e. The van der Waals surface area contributed by atoms with Crippen LogP contribution in [0.1, 0.15) is 6.92 Å². The van der Waals surface area contributed by atoms with E-state index in [9.17, 15) is 13.2 Å². The Hall–Kier alpha value is 0.0600. The molecule has 0 saturated carbocycles. The van der Waals surface area contributed by atoms with Crippen LogP contribution in [0.5, 0.6) is 0 Å². The van der Waals surface area contributed by atoms with Crippen molar-refractivity contribution in [2.45, 2.75) is 13.1 Å². The number of nitrogens with zero attached hydrogens (tertiary/aromatic N) is 2. The lowest BCUT2D eigenvalue weighted by molar-refractivity contribution is -0.149. The number of thioether (sulfide) groups is 1. The van der Waals surface area contributed by atoms with Crippen LogP contribution in [0.4, 0.5) is 13.2 Å². The SMILES string of the molecule is CCSCCN1CCN(CC(F)(F)F)CC1. The van der Waals surface area contributed by atoms with E-state index in [1.807, 2.05) is 11.8 Å². The van der Waals surface area contributed by atoms with Gasteiger partial charge < -0.3 is 0 Å². The molecule has 1 fully saturated rings. The van der Waals surface area contributed by atoms with Gasteiger partial charge in [-0.3, -0.25) is 9.80 Å². The van der Waals surface area contributed by atoms with Gasteiger partial charge in [0.2, 0.25) is 0 Å². The standard InChI is InChI=1S/C10H19F3N2S/c1-2-16-8-7-14-3-5-15(6-4-14)9-10(11,12)13/h2-9H2,1H3. The Morgan fingerprint density at radius 2 is 1.62 bits per heavy atom. The van der Waals surface area contributed by atoms with Gasteiger partial charge in [0, 0.05) is 38.5 Å². The predicted molar refractivity (Wildman–Crippen MR) is 61.9 cm³/mol. The minimum Gasteiger partial charge on any atom is -0.300 e. The van der Waals surface area contributed by atoms with Gasteiger partial charge in [-0.2, -0.15) is 24.9 Å². The average molecular weight is 256 g/mol. The summed E-state index contributed by atoms with van der Waals surface area (Å²) in [5, 5.41) is 0. The number of hydrogen-bond acceptors (Lipinski definition) is 3. The molecule has 0 radical (unpaired) electrons. The van der Waals surface area contributed by atoms with Gasteiger partial charge in [-0.05, 0) is 5.75 Å². The molecule has 0 spiro atoms. The average Bonchev–Trinajstić information content (AvgIpc) is 2.19. The van der Waals surface area contributed by atoms with Crippen molar-refractivity contribution in [1.82, 2.24) is 9.80 Å². The van der Waals surface area contributed by atoms with Gasteiger partial charge in [-0.25, -0.2) is 0 Å². The Kier molecular flexibility index (Phi) is 5.92. The van der Waals surface area contributed by atoms with Gasteiger partial charge >= 0.3 is 6.18 Å². The molecule has 1 aliphatic rings. The normalized spacial score (nSPS) is 20.2. The maximum atomic E-state index is 12.1. The molecule has 0 aliphatic carbocycles. The van der Waals surface area contributed by atoms with Crippen molar-refractivity contribution in [3.63, 3.8) is 0 Å². The highest BCUT2D eigenvalue weighted by atomic mass is 32.2. The van der Waals surface area contributed by atoms with E-state index < -0.39 is 12.7 Å². The molecule has 6 heteroatoms.